The van der Waals surface area contributed by atoms with Gasteiger partial charge >= 0.3 is 11.9 Å². The number of esters is 2. The molecular weight excluding hydrogens is 488 g/mol. The molecule has 3 N–H and O–H groups in total. The highest BCUT2D eigenvalue weighted by molar-refractivity contribution is 6.13. The molecule has 14 heteroatoms. The molecule has 0 radical (unpaired) electrons. The first-order valence-corrected chi connectivity index (χ1v) is 11.7. The largest absolute Gasteiger partial charge is 0.455 e. The first-order chi connectivity index (χ1) is 17.6. The fourth-order valence-electron chi connectivity index (χ4n) is 4.29. The van der Waals surface area contributed by atoms with Crippen LogP contribution in [0.15, 0.2) is 17.6 Å². The predicted octanol–water partition coefficient (Wildman–Crippen LogP) is -0.0469. The zero-order valence-electron chi connectivity index (χ0n) is 20.6. The molecule has 37 heavy (non-hydrogen) atoms. The summed E-state index contributed by atoms with van der Waals surface area (Å²) in [4.78, 5) is 56.4. The maximum Gasteiger partial charge on any atom is 0.306 e. The van der Waals surface area contributed by atoms with E-state index in [2.05, 4.69) is 15.1 Å². The van der Waals surface area contributed by atoms with Crippen molar-refractivity contribution < 1.29 is 38.5 Å². The number of nitrogens with two attached hydrogens (primary N) is 1. The number of ketones is 2. The summed E-state index contributed by atoms with van der Waals surface area (Å²) in [5.74, 6) is -1.13. The smallest absolute Gasteiger partial charge is 0.306 e. The molecule has 4 rings (SSSR count). The number of hydrazone groups is 1. The highest BCUT2D eigenvalue weighted by atomic mass is 16.6. The van der Waals surface area contributed by atoms with E-state index in [0.29, 0.717) is 22.4 Å². The molecule has 14 nitrogen and oxygen atoms in total. The monoisotopic (exact) mass is 516 g/mol. The lowest BCUT2D eigenvalue weighted by Gasteiger charge is -2.25. The normalized spacial score (nSPS) is 22.6. The van der Waals surface area contributed by atoms with Gasteiger partial charge in [-0.1, -0.05) is 0 Å². The van der Waals surface area contributed by atoms with Gasteiger partial charge in [0.05, 0.1) is 24.8 Å². The van der Waals surface area contributed by atoms with E-state index in [1.165, 1.54) is 25.2 Å². The average molecular weight is 517 g/mol. The lowest BCUT2D eigenvalue weighted by molar-refractivity contribution is -0.169. The highest BCUT2D eigenvalue weighted by Gasteiger charge is 2.51. The number of aliphatic hydroxyl groups is 1. The Kier molecular flexibility index (Phi) is 7.50. The second-order valence-corrected chi connectivity index (χ2v) is 8.92. The van der Waals surface area contributed by atoms with Gasteiger partial charge in [-0.25, -0.2) is 15.0 Å². The van der Waals surface area contributed by atoms with Crippen LogP contribution in [0.5, 0.6) is 0 Å². The number of ether oxygens (including phenoxy) is 3. The van der Waals surface area contributed by atoms with Gasteiger partial charge in [0, 0.05) is 31.6 Å². The van der Waals surface area contributed by atoms with Crippen molar-refractivity contribution in [3.05, 3.63) is 18.1 Å². The third-order valence-corrected chi connectivity index (χ3v) is 6.07. The van der Waals surface area contributed by atoms with Crippen molar-refractivity contribution in [2.75, 3.05) is 18.7 Å². The van der Waals surface area contributed by atoms with Crippen molar-refractivity contribution in [2.45, 2.75) is 64.1 Å². The molecule has 0 saturated carbocycles. The van der Waals surface area contributed by atoms with Gasteiger partial charge in [0.1, 0.15) is 29.6 Å². The van der Waals surface area contributed by atoms with Crippen molar-refractivity contribution >= 4 is 46.2 Å². The van der Waals surface area contributed by atoms with Crippen molar-refractivity contribution in [1.82, 2.24) is 14.5 Å². The van der Waals surface area contributed by atoms with Crippen LogP contribution in [0, 0.1) is 0 Å². The van der Waals surface area contributed by atoms with Crippen molar-refractivity contribution in [3.8, 4) is 0 Å². The summed E-state index contributed by atoms with van der Waals surface area (Å²) in [6.07, 6.45) is -2.05. The Balaban J connectivity index is 1.72. The minimum Gasteiger partial charge on any atom is -0.455 e. The minimum atomic E-state index is -1.21. The Morgan fingerprint density at radius 1 is 1.03 bits per heavy atom. The summed E-state index contributed by atoms with van der Waals surface area (Å²) < 4.78 is 18.8. The van der Waals surface area contributed by atoms with E-state index >= 15 is 0 Å². The number of rotatable bonds is 10. The summed E-state index contributed by atoms with van der Waals surface area (Å²) >= 11 is 0. The molecule has 2 aliphatic rings. The lowest BCUT2D eigenvalue weighted by Crippen LogP contribution is -2.40. The van der Waals surface area contributed by atoms with Crippen LogP contribution in [0.3, 0.4) is 0 Å². The molecule has 2 aromatic rings. The van der Waals surface area contributed by atoms with Crippen LogP contribution in [0.25, 0.3) is 11.0 Å². The number of anilines is 1. The zero-order chi connectivity index (χ0) is 26.9. The molecule has 0 unspecified atom stereocenters. The summed E-state index contributed by atoms with van der Waals surface area (Å²) in [7, 11) is 1.68. The van der Waals surface area contributed by atoms with Crippen LogP contribution in [0.4, 0.5) is 5.82 Å². The minimum absolute atomic E-state index is 0.0277. The number of hydrogen-bond donors (Lipinski definition) is 2. The summed E-state index contributed by atoms with van der Waals surface area (Å²) in [6, 6.07) is 0. The number of hydrogen-bond acceptors (Lipinski definition) is 13. The van der Waals surface area contributed by atoms with Crippen LogP contribution in [0.2, 0.25) is 0 Å². The Bertz CT molecular complexity index is 1270. The fraction of sp³-hybridized carbons (Fsp3) is 0.522. The molecule has 2 aliphatic heterocycles. The van der Waals surface area contributed by atoms with Crippen LogP contribution in [0.1, 0.15) is 51.3 Å². The van der Waals surface area contributed by atoms with E-state index in [1.807, 2.05) is 0 Å². The van der Waals surface area contributed by atoms with Gasteiger partial charge in [0.15, 0.2) is 30.1 Å². The molecule has 2 aromatic heterocycles. The Hall–Kier alpha value is -3.91. The number of carbonyl (C=O) groups excluding carboxylic acids is 4. The number of nitrogens with zero attached hydrogens (tertiary/aromatic N) is 5. The van der Waals surface area contributed by atoms with E-state index in [4.69, 9.17) is 19.9 Å². The van der Waals surface area contributed by atoms with Gasteiger partial charge in [0.25, 0.3) is 0 Å². The SMILES string of the molecule is CC(=O)CCC(=O)O[C@@H]1[C@H](OC(=O)CCC(C)=O)[C@@H](CO)O[C@H]1n1cc2c3c(ncnc31)N(C)N=C2N. The summed E-state index contributed by atoms with van der Waals surface area (Å²) in [6.45, 7) is 2.15. The molecule has 0 spiro atoms. The maximum atomic E-state index is 12.6. The second kappa shape index (κ2) is 10.6. The van der Waals surface area contributed by atoms with Gasteiger partial charge in [-0.15, -0.1) is 0 Å². The quantitative estimate of drug-likeness (QED) is 0.401. The van der Waals surface area contributed by atoms with Crippen molar-refractivity contribution in [2.24, 2.45) is 10.8 Å². The topological polar surface area (TPSA) is 189 Å². The van der Waals surface area contributed by atoms with Crippen LogP contribution in [-0.2, 0) is 33.4 Å². The average Bonchev–Trinajstić information content (AvgIpc) is 3.39. The number of aromatic nitrogens is 3. The second-order valence-electron chi connectivity index (χ2n) is 8.92. The number of carbonyl (C=O) groups is 4. The van der Waals surface area contributed by atoms with E-state index in [1.54, 1.807) is 17.8 Å². The van der Waals surface area contributed by atoms with Gasteiger partial charge in [-0.05, 0) is 13.8 Å². The molecule has 1 fully saturated rings. The lowest BCUT2D eigenvalue weighted by atomic mass is 10.1. The number of aliphatic hydroxyl groups excluding tert-OH is 1. The van der Waals surface area contributed by atoms with Crippen molar-refractivity contribution in [1.29, 1.82) is 0 Å². The number of amidine groups is 1. The standard InChI is InChI=1S/C23H28N6O8/c1-11(31)4-6-15(33)36-18-14(9-30)35-23(19(18)37-16(34)7-5-12(2)32)29-8-13-17-21(25-10-26-22(17)29)28(3)27-20(13)24/h8,10,14,18-19,23,30H,4-7,9H2,1-3H3,(H2,24,27)/t14-,18-,19-,23-/m1/s1. The molecule has 4 heterocycles. The van der Waals surface area contributed by atoms with Crippen LogP contribution in [-0.4, -0.2) is 80.9 Å². The van der Waals surface area contributed by atoms with Crippen LogP contribution >= 0.6 is 0 Å². The highest BCUT2D eigenvalue weighted by Crippen LogP contribution is 2.39. The van der Waals surface area contributed by atoms with Crippen LogP contribution < -0.4 is 10.7 Å². The van der Waals surface area contributed by atoms with Crippen molar-refractivity contribution in [3.63, 3.8) is 0 Å². The molecule has 0 bridgehead atoms. The zero-order valence-corrected chi connectivity index (χ0v) is 20.6. The number of Topliss-reactive ketones (excluding diaryl/α,β-unsaturated/α-hetero) is 2. The fourth-order valence-corrected chi connectivity index (χ4v) is 4.29. The van der Waals surface area contributed by atoms with Gasteiger partial charge in [-0.3, -0.25) is 9.59 Å². The summed E-state index contributed by atoms with van der Waals surface area (Å²) in [5, 5.41) is 16.4. The van der Waals surface area contributed by atoms with Gasteiger partial charge in [0.2, 0.25) is 0 Å². The first kappa shape index (κ1) is 26.2. The molecule has 1 saturated heterocycles. The molecule has 0 aliphatic carbocycles. The summed E-state index contributed by atoms with van der Waals surface area (Å²) in [5.41, 5.74) is 7.05. The molecule has 4 atom stereocenters. The molecule has 0 aromatic carbocycles. The third kappa shape index (κ3) is 5.29. The van der Waals surface area contributed by atoms with E-state index in [9.17, 15) is 24.3 Å². The Labute approximate surface area is 211 Å². The van der Waals surface area contributed by atoms with E-state index in [-0.39, 0.29) is 43.1 Å². The maximum absolute atomic E-state index is 12.6. The molecular formula is C23H28N6O8. The Morgan fingerprint density at radius 2 is 1.65 bits per heavy atom. The molecule has 0 amide bonds. The first-order valence-electron chi connectivity index (χ1n) is 11.7. The van der Waals surface area contributed by atoms with Gasteiger partial charge in [-0.2, -0.15) is 5.10 Å². The van der Waals surface area contributed by atoms with Gasteiger partial charge < -0.3 is 39.2 Å². The predicted molar refractivity (Wildman–Crippen MR) is 127 cm³/mol. The van der Waals surface area contributed by atoms with E-state index in [0.717, 1.165) is 0 Å². The van der Waals surface area contributed by atoms with E-state index < -0.39 is 43.1 Å². The third-order valence-electron chi connectivity index (χ3n) is 6.07. The Morgan fingerprint density at radius 3 is 2.24 bits per heavy atom. The molecule has 198 valence electrons.